The Morgan fingerprint density at radius 2 is 1.61 bits per heavy atom. The minimum absolute atomic E-state index is 0.00936. The fraction of sp³-hybridized carbons (Fsp3) is 0.0909. The average Bonchev–Trinajstić information content (AvgIpc) is 3.17. The lowest BCUT2D eigenvalue weighted by atomic mass is 10.2. The highest BCUT2D eigenvalue weighted by molar-refractivity contribution is 6.31. The summed E-state index contributed by atoms with van der Waals surface area (Å²) in [7, 11) is 0. The molecule has 0 aliphatic carbocycles. The second kappa shape index (κ2) is 7.73. The molecule has 2 heterocycles. The predicted octanol–water partition coefficient (Wildman–Crippen LogP) is 4.75. The van der Waals surface area contributed by atoms with Crippen LogP contribution in [0.2, 0.25) is 5.02 Å². The zero-order valence-electron chi connectivity index (χ0n) is 16.6. The molecule has 1 N–H and O–H groups in total. The maximum atomic E-state index is 12.9. The summed E-state index contributed by atoms with van der Waals surface area (Å²) in [6.45, 7) is 3.77. The predicted molar refractivity (Wildman–Crippen MR) is 117 cm³/mol. The molecule has 2 aromatic carbocycles. The molecule has 0 atom stereocenters. The third-order valence-electron chi connectivity index (χ3n) is 5.05. The minimum Gasteiger partial charge on any atom is -0.318 e. The average molecular weight is 437 g/mol. The molecular formula is C22H17ClN4O4. The first-order valence-electron chi connectivity index (χ1n) is 9.33. The number of nitro benzene ring substituents is 1. The molecule has 1 aliphatic rings. The topological polar surface area (TPSA) is 97.5 Å². The Bertz CT molecular complexity index is 1240. The molecule has 1 fully saturated rings. The van der Waals surface area contributed by atoms with Gasteiger partial charge < -0.3 is 9.88 Å². The van der Waals surface area contributed by atoms with E-state index in [1.54, 1.807) is 42.5 Å². The van der Waals surface area contributed by atoms with Crippen molar-refractivity contribution in [1.29, 1.82) is 0 Å². The molecule has 1 aromatic heterocycles. The van der Waals surface area contributed by atoms with Crippen molar-refractivity contribution in [1.82, 2.24) is 9.88 Å². The number of urea groups is 1. The van der Waals surface area contributed by atoms with Gasteiger partial charge in [-0.25, -0.2) is 9.69 Å². The summed E-state index contributed by atoms with van der Waals surface area (Å²) in [5, 5.41) is 14.0. The number of aromatic nitrogens is 1. The Morgan fingerprint density at radius 1 is 1.00 bits per heavy atom. The van der Waals surface area contributed by atoms with E-state index in [-0.39, 0.29) is 11.4 Å². The number of rotatable bonds is 4. The quantitative estimate of drug-likeness (QED) is 0.276. The zero-order chi connectivity index (χ0) is 22.3. The normalized spacial score (nSPS) is 14.9. The molecule has 0 radical (unpaired) electrons. The first-order chi connectivity index (χ1) is 14.8. The van der Waals surface area contributed by atoms with Gasteiger partial charge in [-0.1, -0.05) is 11.6 Å². The van der Waals surface area contributed by atoms with Gasteiger partial charge in [0.1, 0.15) is 5.70 Å². The lowest BCUT2D eigenvalue weighted by Crippen LogP contribution is -2.30. The van der Waals surface area contributed by atoms with Crippen LogP contribution in [0.4, 0.5) is 16.2 Å². The molecule has 4 rings (SSSR count). The van der Waals surface area contributed by atoms with Crippen LogP contribution in [0.15, 0.2) is 60.3 Å². The fourth-order valence-corrected chi connectivity index (χ4v) is 3.70. The van der Waals surface area contributed by atoms with Crippen molar-refractivity contribution in [2.45, 2.75) is 13.8 Å². The maximum absolute atomic E-state index is 12.9. The lowest BCUT2D eigenvalue weighted by molar-refractivity contribution is -0.384. The van der Waals surface area contributed by atoms with Gasteiger partial charge in [-0.05, 0) is 68.0 Å². The van der Waals surface area contributed by atoms with Gasteiger partial charge in [0.05, 0.1) is 10.6 Å². The summed E-state index contributed by atoms with van der Waals surface area (Å²) < 4.78 is 1.92. The molecule has 0 bridgehead atoms. The van der Waals surface area contributed by atoms with Gasteiger partial charge in [-0.2, -0.15) is 0 Å². The fourth-order valence-electron chi connectivity index (χ4n) is 3.57. The molecule has 1 aliphatic heterocycles. The van der Waals surface area contributed by atoms with E-state index < -0.39 is 16.9 Å². The second-order valence-corrected chi connectivity index (χ2v) is 7.48. The zero-order valence-corrected chi connectivity index (χ0v) is 17.4. The first-order valence-corrected chi connectivity index (χ1v) is 9.70. The summed E-state index contributed by atoms with van der Waals surface area (Å²) in [6, 6.07) is 14.0. The highest BCUT2D eigenvalue weighted by Gasteiger charge is 2.35. The molecule has 9 heteroatoms. The Labute approximate surface area is 182 Å². The van der Waals surface area contributed by atoms with E-state index >= 15 is 0 Å². The van der Waals surface area contributed by atoms with E-state index in [1.807, 2.05) is 24.5 Å². The Balaban J connectivity index is 1.67. The van der Waals surface area contributed by atoms with Crippen molar-refractivity contribution >= 4 is 41.0 Å². The Kier molecular flexibility index (Phi) is 5.08. The smallest absolute Gasteiger partial charge is 0.318 e. The molecule has 0 saturated carbocycles. The number of aryl methyl sites for hydroxylation is 1. The minimum atomic E-state index is -0.539. The molecule has 1 saturated heterocycles. The van der Waals surface area contributed by atoms with E-state index in [0.29, 0.717) is 10.7 Å². The van der Waals surface area contributed by atoms with Crippen molar-refractivity contribution in [2.24, 2.45) is 0 Å². The number of benzene rings is 2. The van der Waals surface area contributed by atoms with Crippen LogP contribution >= 0.6 is 11.6 Å². The summed E-state index contributed by atoms with van der Waals surface area (Å²) >= 11 is 5.89. The van der Waals surface area contributed by atoms with Crippen LogP contribution in [0.3, 0.4) is 0 Å². The monoisotopic (exact) mass is 436 g/mol. The number of non-ortho nitro benzene ring substituents is 1. The third kappa shape index (κ3) is 3.69. The summed E-state index contributed by atoms with van der Waals surface area (Å²) in [6.07, 6.45) is 1.63. The summed E-state index contributed by atoms with van der Waals surface area (Å²) in [5.41, 5.74) is 3.80. The lowest BCUT2D eigenvalue weighted by Gasteiger charge is -2.11. The van der Waals surface area contributed by atoms with Crippen molar-refractivity contribution in [3.05, 3.63) is 92.4 Å². The van der Waals surface area contributed by atoms with Gasteiger partial charge in [0, 0.05) is 34.2 Å². The molecule has 8 nitrogen and oxygen atoms in total. The van der Waals surface area contributed by atoms with Crippen LogP contribution in [-0.4, -0.2) is 21.4 Å². The highest BCUT2D eigenvalue weighted by atomic mass is 35.5. The van der Waals surface area contributed by atoms with Crippen LogP contribution in [0.5, 0.6) is 0 Å². The number of anilines is 1. The Morgan fingerprint density at radius 3 is 2.23 bits per heavy atom. The number of hydrogen-bond acceptors (Lipinski definition) is 4. The van der Waals surface area contributed by atoms with E-state index in [4.69, 9.17) is 11.6 Å². The van der Waals surface area contributed by atoms with Gasteiger partial charge in [-0.3, -0.25) is 14.9 Å². The molecular weight excluding hydrogens is 420 g/mol. The van der Waals surface area contributed by atoms with Crippen molar-refractivity contribution < 1.29 is 14.5 Å². The number of imide groups is 1. The molecule has 3 amide bonds. The Hall–Kier alpha value is -3.91. The number of carbonyl (C=O) groups excluding carboxylic acids is 2. The number of nitrogens with zero attached hydrogens (tertiary/aromatic N) is 3. The van der Waals surface area contributed by atoms with E-state index in [2.05, 4.69) is 5.32 Å². The van der Waals surface area contributed by atoms with Crippen LogP contribution in [0.25, 0.3) is 11.8 Å². The van der Waals surface area contributed by atoms with E-state index in [0.717, 1.165) is 27.5 Å². The number of carbonyl (C=O) groups is 2. The van der Waals surface area contributed by atoms with Crippen molar-refractivity contribution in [3.8, 4) is 5.69 Å². The van der Waals surface area contributed by atoms with Crippen molar-refractivity contribution in [2.75, 3.05) is 4.90 Å². The van der Waals surface area contributed by atoms with Gasteiger partial charge in [0.15, 0.2) is 0 Å². The number of nitro groups is 1. The van der Waals surface area contributed by atoms with Crippen LogP contribution in [0.1, 0.15) is 17.0 Å². The number of halogens is 1. The van der Waals surface area contributed by atoms with Gasteiger partial charge in [0.2, 0.25) is 0 Å². The molecule has 3 aromatic rings. The van der Waals surface area contributed by atoms with Crippen LogP contribution in [0, 0.1) is 24.0 Å². The van der Waals surface area contributed by atoms with Gasteiger partial charge in [-0.15, -0.1) is 0 Å². The summed E-state index contributed by atoms with van der Waals surface area (Å²) in [4.78, 5) is 36.7. The second-order valence-electron chi connectivity index (χ2n) is 7.04. The number of nitrogens with one attached hydrogen (secondary N) is 1. The van der Waals surface area contributed by atoms with Crippen LogP contribution < -0.4 is 10.2 Å². The van der Waals surface area contributed by atoms with E-state index in [1.165, 1.54) is 12.1 Å². The number of amides is 3. The highest BCUT2D eigenvalue weighted by Crippen LogP contribution is 2.27. The standard InChI is InChI=1S/C22H17ClN4O4/c1-13-11-15(14(2)25(13)17-7-9-19(10-8-17)27(30)31)12-20-21(28)26(22(29)24-20)18-5-3-16(23)4-6-18/h3-12H,1-2H3,(H,24,29)/b20-12-. The molecule has 31 heavy (non-hydrogen) atoms. The largest absolute Gasteiger partial charge is 0.333 e. The third-order valence-corrected chi connectivity index (χ3v) is 5.30. The molecule has 156 valence electrons. The van der Waals surface area contributed by atoms with Crippen molar-refractivity contribution in [3.63, 3.8) is 0 Å². The van der Waals surface area contributed by atoms with E-state index in [9.17, 15) is 19.7 Å². The van der Waals surface area contributed by atoms with Gasteiger partial charge in [0.25, 0.3) is 11.6 Å². The van der Waals surface area contributed by atoms with Gasteiger partial charge >= 0.3 is 6.03 Å². The molecule has 0 unspecified atom stereocenters. The summed E-state index contributed by atoms with van der Waals surface area (Å²) in [5.74, 6) is -0.465. The SMILES string of the molecule is Cc1cc(/C=C2\NC(=O)N(c3ccc(Cl)cc3)C2=O)c(C)n1-c1ccc([N+](=O)[O-])cc1. The number of hydrogen-bond donors (Lipinski definition) is 1. The first kappa shape index (κ1) is 20.4. The maximum Gasteiger partial charge on any atom is 0.333 e. The van der Waals surface area contributed by atoms with Crippen LogP contribution in [-0.2, 0) is 4.79 Å². The molecule has 0 spiro atoms.